The van der Waals surface area contributed by atoms with Gasteiger partial charge in [-0.2, -0.15) is 5.10 Å². The van der Waals surface area contributed by atoms with E-state index in [0.717, 1.165) is 24.2 Å². The first-order chi connectivity index (χ1) is 8.70. The van der Waals surface area contributed by atoms with Gasteiger partial charge in [0.2, 0.25) is 0 Å². The molecule has 1 aliphatic rings. The van der Waals surface area contributed by atoms with Gasteiger partial charge in [-0.25, -0.2) is 4.98 Å². The van der Waals surface area contributed by atoms with E-state index in [0.29, 0.717) is 6.54 Å². The SMILES string of the molecule is CN=C(NCCC1CC1)N(C)Cc1ncnn1C.I. The van der Waals surface area contributed by atoms with Gasteiger partial charge < -0.3 is 10.2 Å². The predicted octanol–water partition coefficient (Wildman–Crippen LogP) is 1.24. The number of aliphatic imine (C=N–C) groups is 1. The lowest BCUT2D eigenvalue weighted by Crippen LogP contribution is -2.39. The first-order valence-corrected chi connectivity index (χ1v) is 6.45. The fourth-order valence-corrected chi connectivity index (χ4v) is 1.93. The highest BCUT2D eigenvalue weighted by Crippen LogP contribution is 2.31. The molecule has 1 N–H and O–H groups in total. The lowest BCUT2D eigenvalue weighted by Gasteiger charge is -2.21. The Bertz CT molecular complexity index is 412. The zero-order chi connectivity index (χ0) is 13.0. The summed E-state index contributed by atoms with van der Waals surface area (Å²) in [6.45, 7) is 1.71. The van der Waals surface area contributed by atoms with Crippen molar-refractivity contribution in [2.24, 2.45) is 18.0 Å². The minimum Gasteiger partial charge on any atom is -0.356 e. The first-order valence-electron chi connectivity index (χ1n) is 6.45. The van der Waals surface area contributed by atoms with Crippen LogP contribution in [0.2, 0.25) is 0 Å². The van der Waals surface area contributed by atoms with Crippen LogP contribution in [0.15, 0.2) is 11.3 Å². The lowest BCUT2D eigenvalue weighted by atomic mass is 10.3. The Labute approximate surface area is 131 Å². The second-order valence-electron chi connectivity index (χ2n) is 4.86. The van der Waals surface area contributed by atoms with Crippen LogP contribution in [0, 0.1) is 5.92 Å². The molecule has 0 aromatic carbocycles. The van der Waals surface area contributed by atoms with E-state index in [2.05, 4.69) is 25.3 Å². The molecular formula is C12H23IN6. The van der Waals surface area contributed by atoms with Gasteiger partial charge in [0.15, 0.2) is 5.96 Å². The van der Waals surface area contributed by atoms with Gasteiger partial charge in [0.1, 0.15) is 12.2 Å². The molecule has 1 saturated carbocycles. The molecule has 0 radical (unpaired) electrons. The molecule has 1 aromatic rings. The van der Waals surface area contributed by atoms with Crippen molar-refractivity contribution >= 4 is 29.9 Å². The summed E-state index contributed by atoms with van der Waals surface area (Å²) in [7, 11) is 5.73. The summed E-state index contributed by atoms with van der Waals surface area (Å²) in [5.74, 6) is 2.79. The molecule has 0 saturated heterocycles. The molecule has 108 valence electrons. The van der Waals surface area contributed by atoms with Gasteiger partial charge in [0, 0.05) is 27.7 Å². The molecule has 0 aliphatic heterocycles. The molecule has 7 heteroatoms. The number of nitrogens with one attached hydrogen (secondary N) is 1. The van der Waals surface area contributed by atoms with Gasteiger partial charge >= 0.3 is 0 Å². The van der Waals surface area contributed by atoms with Gasteiger partial charge in [-0.1, -0.05) is 12.8 Å². The van der Waals surface area contributed by atoms with Gasteiger partial charge in [0.25, 0.3) is 0 Å². The monoisotopic (exact) mass is 378 g/mol. The van der Waals surface area contributed by atoms with Crippen molar-refractivity contribution in [3.8, 4) is 0 Å². The highest BCUT2D eigenvalue weighted by atomic mass is 127. The molecule has 0 bridgehead atoms. The van der Waals surface area contributed by atoms with E-state index in [1.54, 1.807) is 11.0 Å². The Morgan fingerprint density at radius 3 is 2.84 bits per heavy atom. The highest BCUT2D eigenvalue weighted by molar-refractivity contribution is 14.0. The van der Waals surface area contributed by atoms with E-state index in [9.17, 15) is 0 Å². The lowest BCUT2D eigenvalue weighted by molar-refractivity contribution is 0.447. The number of rotatable bonds is 5. The zero-order valence-electron chi connectivity index (χ0n) is 11.8. The number of halogens is 1. The molecule has 1 fully saturated rings. The largest absolute Gasteiger partial charge is 0.356 e. The van der Waals surface area contributed by atoms with Crippen molar-refractivity contribution in [3.05, 3.63) is 12.2 Å². The van der Waals surface area contributed by atoms with E-state index in [1.807, 2.05) is 21.1 Å². The molecule has 0 unspecified atom stereocenters. The van der Waals surface area contributed by atoms with Gasteiger partial charge in [-0.3, -0.25) is 9.67 Å². The third-order valence-electron chi connectivity index (χ3n) is 3.29. The summed E-state index contributed by atoms with van der Waals surface area (Å²) in [5, 5.41) is 7.46. The van der Waals surface area contributed by atoms with E-state index >= 15 is 0 Å². The number of hydrogen-bond acceptors (Lipinski definition) is 3. The summed E-state index contributed by atoms with van der Waals surface area (Å²) >= 11 is 0. The van der Waals surface area contributed by atoms with E-state index in [4.69, 9.17) is 0 Å². The molecular weight excluding hydrogens is 355 g/mol. The first kappa shape index (κ1) is 16.2. The van der Waals surface area contributed by atoms with Gasteiger partial charge in [0.05, 0.1) is 6.54 Å². The fraction of sp³-hybridized carbons (Fsp3) is 0.750. The number of hydrogen-bond donors (Lipinski definition) is 1. The van der Waals surface area contributed by atoms with Gasteiger partial charge in [-0.05, 0) is 12.3 Å². The molecule has 1 heterocycles. The number of guanidine groups is 1. The van der Waals surface area contributed by atoms with E-state index in [-0.39, 0.29) is 24.0 Å². The standard InChI is InChI=1S/C12H22N6.HI/c1-13-12(14-7-6-10-4-5-10)17(2)8-11-15-9-16-18(11)3;/h9-10H,4-8H2,1-3H3,(H,13,14);1H. The second-order valence-corrected chi connectivity index (χ2v) is 4.86. The van der Waals surface area contributed by atoms with Crippen LogP contribution in [0.5, 0.6) is 0 Å². The maximum atomic E-state index is 4.29. The Hall–Kier alpha value is -0.860. The van der Waals surface area contributed by atoms with Crippen molar-refractivity contribution in [3.63, 3.8) is 0 Å². The number of nitrogens with zero attached hydrogens (tertiary/aromatic N) is 5. The summed E-state index contributed by atoms with van der Waals surface area (Å²) in [6.07, 6.45) is 5.62. The molecule has 6 nitrogen and oxygen atoms in total. The summed E-state index contributed by atoms with van der Waals surface area (Å²) in [5.41, 5.74) is 0. The summed E-state index contributed by atoms with van der Waals surface area (Å²) in [6, 6.07) is 0. The maximum Gasteiger partial charge on any atom is 0.193 e. The normalized spacial score (nSPS) is 15.0. The topological polar surface area (TPSA) is 58.3 Å². The van der Waals surface area contributed by atoms with Crippen LogP contribution in [-0.2, 0) is 13.6 Å². The number of aryl methyl sites for hydroxylation is 1. The molecule has 2 rings (SSSR count). The van der Waals surface area contributed by atoms with Crippen LogP contribution in [0.1, 0.15) is 25.1 Å². The third kappa shape index (κ3) is 4.96. The quantitative estimate of drug-likeness (QED) is 0.476. The average molecular weight is 378 g/mol. The molecule has 19 heavy (non-hydrogen) atoms. The van der Waals surface area contributed by atoms with Crippen molar-refractivity contribution in [2.45, 2.75) is 25.8 Å². The molecule has 1 aromatic heterocycles. The molecule has 0 amide bonds. The Balaban J connectivity index is 0.00000180. The van der Waals surface area contributed by atoms with Gasteiger partial charge in [-0.15, -0.1) is 24.0 Å². The highest BCUT2D eigenvalue weighted by Gasteiger charge is 2.20. The molecule has 0 atom stereocenters. The maximum absolute atomic E-state index is 4.29. The van der Waals surface area contributed by atoms with Crippen molar-refractivity contribution in [2.75, 3.05) is 20.6 Å². The summed E-state index contributed by atoms with van der Waals surface area (Å²) in [4.78, 5) is 10.6. The van der Waals surface area contributed by atoms with Crippen molar-refractivity contribution < 1.29 is 0 Å². The minimum atomic E-state index is 0. The Kier molecular flexibility index (Phi) is 6.53. The second kappa shape index (κ2) is 7.66. The average Bonchev–Trinajstić information content (AvgIpc) is 3.09. The van der Waals surface area contributed by atoms with Crippen LogP contribution < -0.4 is 5.32 Å². The predicted molar refractivity (Wildman–Crippen MR) is 86.6 cm³/mol. The van der Waals surface area contributed by atoms with E-state index < -0.39 is 0 Å². The number of aromatic nitrogens is 3. The third-order valence-corrected chi connectivity index (χ3v) is 3.29. The molecule has 0 spiro atoms. The van der Waals surface area contributed by atoms with Crippen LogP contribution >= 0.6 is 24.0 Å². The summed E-state index contributed by atoms with van der Waals surface area (Å²) < 4.78 is 1.79. The van der Waals surface area contributed by atoms with E-state index in [1.165, 1.54) is 19.3 Å². The van der Waals surface area contributed by atoms with Crippen molar-refractivity contribution in [1.82, 2.24) is 25.0 Å². The fourth-order valence-electron chi connectivity index (χ4n) is 1.93. The zero-order valence-corrected chi connectivity index (χ0v) is 14.2. The Morgan fingerprint density at radius 1 is 1.58 bits per heavy atom. The minimum absolute atomic E-state index is 0. The van der Waals surface area contributed by atoms with Crippen LogP contribution in [-0.4, -0.2) is 46.3 Å². The van der Waals surface area contributed by atoms with Crippen LogP contribution in [0.25, 0.3) is 0 Å². The smallest absolute Gasteiger partial charge is 0.193 e. The van der Waals surface area contributed by atoms with Crippen LogP contribution in [0.3, 0.4) is 0 Å². The van der Waals surface area contributed by atoms with Crippen LogP contribution in [0.4, 0.5) is 0 Å². The Morgan fingerprint density at radius 2 is 2.32 bits per heavy atom. The molecule has 1 aliphatic carbocycles. The van der Waals surface area contributed by atoms with Crippen molar-refractivity contribution in [1.29, 1.82) is 0 Å².